The summed E-state index contributed by atoms with van der Waals surface area (Å²) in [6.45, 7) is 5.93. The zero-order chi connectivity index (χ0) is 16.1. The molecule has 0 saturated carbocycles. The summed E-state index contributed by atoms with van der Waals surface area (Å²) in [6, 6.07) is 8.96. The van der Waals surface area contributed by atoms with E-state index in [-0.39, 0.29) is 11.9 Å². The van der Waals surface area contributed by atoms with Gasteiger partial charge in [0.25, 0.3) is 5.91 Å². The van der Waals surface area contributed by atoms with Gasteiger partial charge >= 0.3 is 0 Å². The number of aromatic nitrogens is 2. The van der Waals surface area contributed by atoms with Gasteiger partial charge in [-0.15, -0.1) is 0 Å². The summed E-state index contributed by atoms with van der Waals surface area (Å²) in [4.78, 5) is 20.9. The first-order valence-corrected chi connectivity index (χ1v) is 7.55. The van der Waals surface area contributed by atoms with Crippen molar-refractivity contribution in [2.75, 3.05) is 10.6 Å². The van der Waals surface area contributed by atoms with Crippen LogP contribution in [0.4, 0.5) is 11.6 Å². The van der Waals surface area contributed by atoms with Gasteiger partial charge < -0.3 is 10.6 Å². The van der Waals surface area contributed by atoms with E-state index >= 15 is 0 Å². The van der Waals surface area contributed by atoms with Gasteiger partial charge in [0, 0.05) is 11.7 Å². The number of para-hydroxylation sites is 1. The highest BCUT2D eigenvalue weighted by molar-refractivity contribution is 6.33. The Hall–Kier alpha value is -2.14. The fourth-order valence-corrected chi connectivity index (χ4v) is 2.00. The standard InChI is InChI=1S/C16H19ClN4O/c1-4-10(2)18-16-19-11(3)9-14(21-16)15(22)20-13-8-6-5-7-12(13)17/h5-10H,4H2,1-3H3,(H,20,22)(H,18,19,21). The number of amides is 1. The minimum Gasteiger partial charge on any atom is -0.352 e. The Bertz CT molecular complexity index is 675. The summed E-state index contributed by atoms with van der Waals surface area (Å²) in [7, 11) is 0. The number of halogens is 1. The highest BCUT2D eigenvalue weighted by Gasteiger charge is 2.13. The van der Waals surface area contributed by atoms with E-state index in [1.807, 2.05) is 19.9 Å². The predicted molar refractivity (Wildman–Crippen MR) is 89.5 cm³/mol. The molecule has 0 bridgehead atoms. The molecule has 1 aromatic heterocycles. The van der Waals surface area contributed by atoms with Crippen molar-refractivity contribution in [1.82, 2.24) is 9.97 Å². The molecule has 2 N–H and O–H groups in total. The van der Waals surface area contributed by atoms with E-state index in [0.29, 0.717) is 22.4 Å². The lowest BCUT2D eigenvalue weighted by molar-refractivity contribution is 0.102. The predicted octanol–water partition coefficient (Wildman–Crippen LogP) is 3.90. The van der Waals surface area contributed by atoms with Gasteiger partial charge in [0.1, 0.15) is 5.69 Å². The number of nitrogens with one attached hydrogen (secondary N) is 2. The van der Waals surface area contributed by atoms with E-state index in [4.69, 9.17) is 11.6 Å². The molecule has 5 nitrogen and oxygen atoms in total. The number of anilines is 2. The van der Waals surface area contributed by atoms with Gasteiger partial charge in [0.05, 0.1) is 10.7 Å². The molecule has 1 aromatic carbocycles. The molecule has 0 aliphatic carbocycles. The van der Waals surface area contributed by atoms with Gasteiger partial charge in [-0.1, -0.05) is 30.7 Å². The van der Waals surface area contributed by atoms with Crippen LogP contribution < -0.4 is 10.6 Å². The first kappa shape index (κ1) is 16.2. The Morgan fingerprint density at radius 3 is 2.73 bits per heavy atom. The van der Waals surface area contributed by atoms with Crippen molar-refractivity contribution in [3.05, 3.63) is 46.7 Å². The Balaban J connectivity index is 2.21. The molecule has 0 spiro atoms. The van der Waals surface area contributed by atoms with Crippen LogP contribution in [0.25, 0.3) is 0 Å². The van der Waals surface area contributed by atoms with Gasteiger partial charge in [-0.25, -0.2) is 9.97 Å². The van der Waals surface area contributed by atoms with E-state index in [1.54, 1.807) is 24.3 Å². The van der Waals surface area contributed by atoms with Crippen LogP contribution in [-0.2, 0) is 0 Å². The smallest absolute Gasteiger partial charge is 0.274 e. The van der Waals surface area contributed by atoms with Crippen LogP contribution >= 0.6 is 11.6 Å². The van der Waals surface area contributed by atoms with Crippen molar-refractivity contribution in [3.8, 4) is 0 Å². The minimum atomic E-state index is -0.314. The molecule has 2 rings (SSSR count). The second-order valence-corrected chi connectivity index (χ2v) is 5.51. The molecule has 2 aromatic rings. The monoisotopic (exact) mass is 318 g/mol. The highest BCUT2D eigenvalue weighted by atomic mass is 35.5. The van der Waals surface area contributed by atoms with Gasteiger partial charge in [-0.3, -0.25) is 4.79 Å². The summed E-state index contributed by atoms with van der Waals surface area (Å²) in [5.74, 6) is 0.143. The lowest BCUT2D eigenvalue weighted by atomic mass is 10.2. The molecule has 0 aliphatic heterocycles. The average Bonchev–Trinajstić information content (AvgIpc) is 2.48. The van der Waals surface area contributed by atoms with Crippen LogP contribution in [0.15, 0.2) is 30.3 Å². The number of hydrogen-bond acceptors (Lipinski definition) is 4. The average molecular weight is 319 g/mol. The second-order valence-electron chi connectivity index (χ2n) is 5.11. The highest BCUT2D eigenvalue weighted by Crippen LogP contribution is 2.21. The topological polar surface area (TPSA) is 66.9 Å². The first-order chi connectivity index (χ1) is 10.5. The lowest BCUT2D eigenvalue weighted by Crippen LogP contribution is -2.19. The zero-order valence-electron chi connectivity index (χ0n) is 12.9. The fourth-order valence-electron chi connectivity index (χ4n) is 1.82. The number of benzene rings is 1. The third kappa shape index (κ3) is 4.18. The van der Waals surface area contributed by atoms with Crippen LogP contribution in [0.1, 0.15) is 36.5 Å². The maximum Gasteiger partial charge on any atom is 0.274 e. The molecule has 0 aliphatic rings. The molecule has 0 fully saturated rings. The molecular weight excluding hydrogens is 300 g/mol. The minimum absolute atomic E-state index is 0.237. The maximum absolute atomic E-state index is 12.3. The molecule has 6 heteroatoms. The van der Waals surface area contributed by atoms with E-state index in [9.17, 15) is 4.79 Å². The Kier molecular flexibility index (Phi) is 5.33. The number of nitrogens with zero attached hydrogens (tertiary/aromatic N) is 2. The summed E-state index contributed by atoms with van der Waals surface area (Å²) in [5, 5.41) is 6.42. The van der Waals surface area contributed by atoms with Crippen LogP contribution in [0.2, 0.25) is 5.02 Å². The zero-order valence-corrected chi connectivity index (χ0v) is 13.6. The van der Waals surface area contributed by atoms with Crippen molar-refractivity contribution in [2.24, 2.45) is 0 Å². The Labute approximate surface area is 135 Å². The van der Waals surface area contributed by atoms with Crippen molar-refractivity contribution >= 4 is 29.1 Å². The quantitative estimate of drug-likeness (QED) is 0.877. The van der Waals surface area contributed by atoms with E-state index < -0.39 is 0 Å². The largest absolute Gasteiger partial charge is 0.352 e. The molecule has 1 amide bonds. The van der Waals surface area contributed by atoms with E-state index in [0.717, 1.165) is 12.1 Å². The summed E-state index contributed by atoms with van der Waals surface area (Å²) in [5.41, 5.74) is 1.59. The molecule has 22 heavy (non-hydrogen) atoms. The normalized spacial score (nSPS) is 11.8. The molecule has 1 unspecified atom stereocenters. The number of carbonyl (C=O) groups excluding carboxylic acids is 1. The summed E-state index contributed by atoms with van der Waals surface area (Å²) in [6.07, 6.45) is 0.943. The van der Waals surface area contributed by atoms with Crippen molar-refractivity contribution in [2.45, 2.75) is 33.2 Å². The molecule has 1 atom stereocenters. The van der Waals surface area contributed by atoms with Gasteiger partial charge in [-0.2, -0.15) is 0 Å². The number of hydrogen-bond donors (Lipinski definition) is 2. The van der Waals surface area contributed by atoms with Gasteiger partial charge in [0.15, 0.2) is 0 Å². The van der Waals surface area contributed by atoms with Gasteiger partial charge in [-0.05, 0) is 38.5 Å². The molecule has 1 heterocycles. The lowest BCUT2D eigenvalue weighted by Gasteiger charge is -2.13. The maximum atomic E-state index is 12.3. The molecule has 0 saturated heterocycles. The van der Waals surface area contributed by atoms with Crippen LogP contribution in [0, 0.1) is 6.92 Å². The van der Waals surface area contributed by atoms with E-state index in [1.165, 1.54) is 0 Å². The van der Waals surface area contributed by atoms with Crippen molar-refractivity contribution in [3.63, 3.8) is 0 Å². The molecule has 116 valence electrons. The van der Waals surface area contributed by atoms with Crippen LogP contribution in [-0.4, -0.2) is 21.9 Å². The first-order valence-electron chi connectivity index (χ1n) is 7.17. The van der Waals surface area contributed by atoms with Crippen LogP contribution in [0.3, 0.4) is 0 Å². The van der Waals surface area contributed by atoms with Crippen LogP contribution in [0.5, 0.6) is 0 Å². The summed E-state index contributed by atoms with van der Waals surface area (Å²) >= 11 is 6.05. The van der Waals surface area contributed by atoms with Crippen molar-refractivity contribution < 1.29 is 4.79 Å². The Morgan fingerprint density at radius 2 is 2.05 bits per heavy atom. The third-order valence-corrected chi connectivity index (χ3v) is 3.53. The fraction of sp³-hybridized carbons (Fsp3) is 0.312. The second kappa shape index (κ2) is 7.22. The number of rotatable bonds is 5. The number of aryl methyl sites for hydroxylation is 1. The van der Waals surface area contributed by atoms with Crippen molar-refractivity contribution in [1.29, 1.82) is 0 Å². The van der Waals surface area contributed by atoms with Gasteiger partial charge in [0.2, 0.25) is 5.95 Å². The molecular formula is C16H19ClN4O. The Morgan fingerprint density at radius 1 is 1.32 bits per heavy atom. The molecule has 0 radical (unpaired) electrons. The third-order valence-electron chi connectivity index (χ3n) is 3.20. The number of carbonyl (C=O) groups is 1. The SMILES string of the molecule is CCC(C)Nc1nc(C)cc(C(=O)Nc2ccccc2Cl)n1. The summed E-state index contributed by atoms with van der Waals surface area (Å²) < 4.78 is 0. The van der Waals surface area contributed by atoms with E-state index in [2.05, 4.69) is 27.5 Å².